The minimum atomic E-state index is 0.0976. The highest BCUT2D eigenvalue weighted by Crippen LogP contribution is 2.42. The summed E-state index contributed by atoms with van der Waals surface area (Å²) < 4.78 is 7.94. The molecule has 2 fully saturated rings. The van der Waals surface area contributed by atoms with Gasteiger partial charge in [-0.05, 0) is 32.6 Å². The highest BCUT2D eigenvalue weighted by atomic mass is 32.1. The second-order valence-corrected chi connectivity index (χ2v) is 7.91. The molecule has 126 valence electrons. The number of nitrogens with one attached hydrogen (secondary N) is 1. The molecule has 0 radical (unpaired) electrons. The normalized spacial score (nSPS) is 24.8. The Balaban J connectivity index is 1.49. The van der Waals surface area contributed by atoms with Crippen molar-refractivity contribution in [2.75, 3.05) is 26.4 Å². The maximum Gasteiger partial charge on any atom is 0.194 e. The molecular weight excluding hydrogens is 310 g/mol. The monoisotopic (exact) mass is 335 g/mol. The third kappa shape index (κ3) is 2.93. The summed E-state index contributed by atoms with van der Waals surface area (Å²) in [7, 11) is 0. The Morgan fingerprint density at radius 3 is 3.09 bits per heavy atom. The van der Waals surface area contributed by atoms with E-state index in [1.54, 1.807) is 11.3 Å². The molecule has 0 amide bonds. The zero-order valence-electron chi connectivity index (χ0n) is 13.7. The molecule has 1 aliphatic carbocycles. The topological polar surface area (TPSA) is 58.8 Å². The van der Waals surface area contributed by atoms with Crippen LogP contribution in [0.25, 0.3) is 4.96 Å². The zero-order valence-corrected chi connectivity index (χ0v) is 14.5. The lowest BCUT2D eigenvalue weighted by Crippen LogP contribution is -2.35. The van der Waals surface area contributed by atoms with Gasteiger partial charge >= 0.3 is 0 Å². The van der Waals surface area contributed by atoms with E-state index in [1.807, 2.05) is 0 Å². The highest BCUT2D eigenvalue weighted by Gasteiger charge is 2.34. The van der Waals surface area contributed by atoms with Crippen molar-refractivity contribution in [3.05, 3.63) is 22.5 Å². The third-order valence-corrected chi connectivity index (χ3v) is 6.14. The minimum Gasteiger partial charge on any atom is -0.396 e. The van der Waals surface area contributed by atoms with Gasteiger partial charge in [0.1, 0.15) is 0 Å². The number of aromatic nitrogens is 2. The standard InChI is InChI=1S/C17H25N3O2S/c1-12-14(8-18-10-17(4-6-21)5-7-22-11-17)20-15(13-2-3-13)9-23-16(20)19-12/h9,13,18,21H,2-8,10-11H2,1H3. The van der Waals surface area contributed by atoms with Gasteiger partial charge in [0.15, 0.2) is 4.96 Å². The summed E-state index contributed by atoms with van der Waals surface area (Å²) in [5.74, 6) is 0.736. The fraction of sp³-hybridized carbons (Fsp3) is 0.706. The van der Waals surface area contributed by atoms with E-state index in [4.69, 9.17) is 9.72 Å². The summed E-state index contributed by atoms with van der Waals surface area (Å²) in [5.41, 5.74) is 3.96. The lowest BCUT2D eigenvalue weighted by atomic mass is 9.84. The lowest BCUT2D eigenvalue weighted by Gasteiger charge is -2.26. The molecule has 1 saturated carbocycles. The van der Waals surface area contributed by atoms with E-state index in [0.717, 1.165) is 55.7 Å². The molecule has 0 aromatic carbocycles. The Morgan fingerprint density at radius 1 is 1.52 bits per heavy atom. The van der Waals surface area contributed by atoms with Crippen LogP contribution in [0, 0.1) is 12.3 Å². The number of nitrogens with zero attached hydrogens (tertiary/aromatic N) is 2. The number of hydrogen-bond donors (Lipinski definition) is 2. The molecule has 1 atom stereocenters. The van der Waals surface area contributed by atoms with Gasteiger partial charge in [0, 0.05) is 48.7 Å². The number of aryl methyl sites for hydroxylation is 1. The summed E-state index contributed by atoms with van der Waals surface area (Å²) in [4.78, 5) is 5.85. The molecule has 2 aliphatic rings. The summed E-state index contributed by atoms with van der Waals surface area (Å²) in [6, 6.07) is 0. The molecule has 6 heteroatoms. The van der Waals surface area contributed by atoms with Crippen molar-refractivity contribution in [3.63, 3.8) is 0 Å². The molecule has 23 heavy (non-hydrogen) atoms. The second kappa shape index (κ2) is 6.16. The van der Waals surface area contributed by atoms with E-state index in [0.29, 0.717) is 0 Å². The Labute approximate surface area is 140 Å². The lowest BCUT2D eigenvalue weighted by molar-refractivity contribution is 0.124. The molecule has 1 unspecified atom stereocenters. The van der Waals surface area contributed by atoms with Crippen LogP contribution in [-0.2, 0) is 11.3 Å². The van der Waals surface area contributed by atoms with Crippen molar-refractivity contribution in [3.8, 4) is 0 Å². The first kappa shape index (κ1) is 15.6. The van der Waals surface area contributed by atoms with Crippen LogP contribution in [0.5, 0.6) is 0 Å². The number of thiazole rings is 1. The van der Waals surface area contributed by atoms with E-state index >= 15 is 0 Å². The Bertz CT molecular complexity index is 683. The quantitative estimate of drug-likeness (QED) is 0.816. The fourth-order valence-electron chi connectivity index (χ4n) is 3.67. The van der Waals surface area contributed by atoms with E-state index in [-0.39, 0.29) is 12.0 Å². The van der Waals surface area contributed by atoms with Gasteiger partial charge < -0.3 is 15.2 Å². The fourth-order valence-corrected chi connectivity index (χ4v) is 4.70. The van der Waals surface area contributed by atoms with Crippen molar-refractivity contribution in [2.45, 2.75) is 45.1 Å². The van der Waals surface area contributed by atoms with Crippen molar-refractivity contribution in [1.29, 1.82) is 0 Å². The molecule has 0 bridgehead atoms. The van der Waals surface area contributed by atoms with Crippen LogP contribution in [0.1, 0.15) is 48.7 Å². The van der Waals surface area contributed by atoms with E-state index < -0.39 is 0 Å². The van der Waals surface area contributed by atoms with E-state index in [1.165, 1.54) is 24.2 Å². The molecule has 2 N–H and O–H groups in total. The summed E-state index contributed by atoms with van der Waals surface area (Å²) >= 11 is 1.75. The average Bonchev–Trinajstić information content (AvgIpc) is 3.00. The van der Waals surface area contributed by atoms with Gasteiger partial charge in [-0.3, -0.25) is 4.40 Å². The van der Waals surface area contributed by atoms with Crippen molar-refractivity contribution >= 4 is 16.3 Å². The number of hydrogen-bond acceptors (Lipinski definition) is 5. The number of fused-ring (bicyclic) bond motifs is 1. The van der Waals surface area contributed by atoms with Gasteiger partial charge in [0.25, 0.3) is 0 Å². The molecule has 0 spiro atoms. The maximum absolute atomic E-state index is 9.34. The van der Waals surface area contributed by atoms with Crippen molar-refractivity contribution < 1.29 is 9.84 Å². The van der Waals surface area contributed by atoms with E-state index in [2.05, 4.69) is 22.0 Å². The van der Waals surface area contributed by atoms with Crippen LogP contribution in [0.3, 0.4) is 0 Å². The summed E-state index contributed by atoms with van der Waals surface area (Å²) in [6.07, 6.45) is 4.47. The largest absolute Gasteiger partial charge is 0.396 e. The zero-order chi connectivity index (χ0) is 15.9. The minimum absolute atomic E-state index is 0.0976. The van der Waals surface area contributed by atoms with Gasteiger partial charge in [-0.15, -0.1) is 11.3 Å². The number of imidazole rings is 1. The van der Waals surface area contributed by atoms with Crippen molar-refractivity contribution in [1.82, 2.24) is 14.7 Å². The van der Waals surface area contributed by atoms with Crippen LogP contribution >= 0.6 is 11.3 Å². The maximum atomic E-state index is 9.34. The first-order valence-electron chi connectivity index (χ1n) is 8.57. The van der Waals surface area contributed by atoms with E-state index in [9.17, 15) is 5.11 Å². The smallest absolute Gasteiger partial charge is 0.194 e. The SMILES string of the molecule is Cc1nc2scc(C3CC3)n2c1CNCC1(CCO)CCOC1. The van der Waals surface area contributed by atoms with Crippen LogP contribution < -0.4 is 5.32 Å². The highest BCUT2D eigenvalue weighted by molar-refractivity contribution is 7.15. The molecule has 3 heterocycles. The molecular formula is C17H25N3O2S. The molecule has 2 aromatic rings. The Kier molecular flexibility index (Phi) is 4.17. The number of aliphatic hydroxyl groups is 1. The Hall–Kier alpha value is -0.950. The van der Waals surface area contributed by atoms with Crippen molar-refractivity contribution in [2.24, 2.45) is 5.41 Å². The first-order chi connectivity index (χ1) is 11.2. The van der Waals surface area contributed by atoms with Gasteiger partial charge in [-0.1, -0.05) is 0 Å². The summed E-state index contributed by atoms with van der Waals surface area (Å²) in [6.45, 7) is 5.63. The van der Waals surface area contributed by atoms with Crippen LogP contribution in [-0.4, -0.2) is 40.9 Å². The van der Waals surface area contributed by atoms with Gasteiger partial charge in [0.2, 0.25) is 0 Å². The van der Waals surface area contributed by atoms with Gasteiger partial charge in [-0.2, -0.15) is 0 Å². The molecule has 5 nitrogen and oxygen atoms in total. The Morgan fingerprint density at radius 2 is 2.39 bits per heavy atom. The summed E-state index contributed by atoms with van der Waals surface area (Å²) in [5, 5.41) is 15.2. The molecule has 1 saturated heterocycles. The van der Waals surface area contributed by atoms with Gasteiger partial charge in [-0.25, -0.2) is 4.98 Å². The van der Waals surface area contributed by atoms with Crippen LogP contribution in [0.4, 0.5) is 0 Å². The molecule has 1 aliphatic heterocycles. The second-order valence-electron chi connectivity index (χ2n) is 7.08. The van der Waals surface area contributed by atoms with Gasteiger partial charge in [0.05, 0.1) is 18.0 Å². The molecule has 4 rings (SSSR count). The third-order valence-electron chi connectivity index (χ3n) is 5.30. The number of aliphatic hydroxyl groups excluding tert-OH is 1. The average molecular weight is 335 g/mol. The molecule has 2 aromatic heterocycles. The number of ether oxygens (including phenoxy) is 1. The van der Waals surface area contributed by atoms with Crippen LogP contribution in [0.15, 0.2) is 5.38 Å². The predicted octanol–water partition coefficient (Wildman–Crippen LogP) is 2.46. The predicted molar refractivity (Wildman–Crippen MR) is 91.1 cm³/mol. The number of rotatable bonds is 7. The first-order valence-corrected chi connectivity index (χ1v) is 9.45. The van der Waals surface area contributed by atoms with Crippen LogP contribution in [0.2, 0.25) is 0 Å².